The van der Waals surface area contributed by atoms with Crippen molar-refractivity contribution in [3.8, 4) is 0 Å². The van der Waals surface area contributed by atoms with Crippen molar-refractivity contribution in [3.63, 3.8) is 0 Å². The molecule has 1 heterocycles. The van der Waals surface area contributed by atoms with Crippen molar-refractivity contribution in [1.82, 2.24) is 14.9 Å². The maximum Gasteiger partial charge on any atom is 0.321 e. The maximum atomic E-state index is 12.2. The van der Waals surface area contributed by atoms with Crippen LogP contribution < -0.4 is 4.72 Å². The Morgan fingerprint density at radius 3 is 2.29 bits per heavy atom. The number of hydrogen-bond donors (Lipinski definition) is 3. The van der Waals surface area contributed by atoms with Crippen LogP contribution in [0.4, 0.5) is 0 Å². The highest BCUT2D eigenvalue weighted by molar-refractivity contribution is 7.90. The smallest absolute Gasteiger partial charge is 0.321 e. The van der Waals surface area contributed by atoms with Crippen molar-refractivity contribution in [2.75, 3.05) is 12.0 Å². The Morgan fingerprint density at radius 2 is 1.90 bits per heavy atom. The molecule has 0 bridgehead atoms. The van der Waals surface area contributed by atoms with Crippen LogP contribution in [-0.2, 0) is 24.7 Å². The predicted molar refractivity (Wildman–Crippen MR) is 74.1 cm³/mol. The molecule has 0 fully saturated rings. The molecule has 0 aliphatic carbocycles. The number of carbonyl (C=O) groups is 1. The third-order valence-corrected chi connectivity index (χ3v) is 5.41. The SMILES string of the molecule is Cc1n[nH]c(C)c1S(=O)(=O)NC(CCS(C)(=O)=O)C(=O)O. The number of nitrogens with one attached hydrogen (secondary N) is 2. The van der Waals surface area contributed by atoms with Crippen molar-refractivity contribution in [3.05, 3.63) is 11.4 Å². The van der Waals surface area contributed by atoms with Gasteiger partial charge in [-0.25, -0.2) is 16.8 Å². The van der Waals surface area contributed by atoms with Crippen LogP contribution in [0.3, 0.4) is 0 Å². The van der Waals surface area contributed by atoms with E-state index >= 15 is 0 Å². The highest BCUT2D eigenvalue weighted by Gasteiger charge is 2.29. The standard InChI is InChI=1S/C10H17N3O6S2/c1-6-9(7(2)12-11-6)21(18,19)13-8(10(14)15)4-5-20(3,16)17/h8,13H,4-5H2,1-3H3,(H,11,12)(H,14,15). The van der Waals surface area contributed by atoms with Gasteiger partial charge in [0.15, 0.2) is 0 Å². The number of aliphatic carboxylic acids is 1. The maximum absolute atomic E-state index is 12.2. The van der Waals surface area contributed by atoms with Gasteiger partial charge in [0.2, 0.25) is 10.0 Å². The Morgan fingerprint density at radius 1 is 1.33 bits per heavy atom. The number of hydrogen-bond acceptors (Lipinski definition) is 6. The summed E-state index contributed by atoms with van der Waals surface area (Å²) in [6, 6.07) is -1.53. The minimum absolute atomic E-state index is 0.131. The van der Waals surface area contributed by atoms with Crippen molar-refractivity contribution in [2.45, 2.75) is 31.2 Å². The Hall–Kier alpha value is -1.46. The first kappa shape index (κ1) is 17.6. The molecule has 11 heteroatoms. The van der Waals surface area contributed by atoms with Gasteiger partial charge >= 0.3 is 5.97 Å². The normalized spacial score (nSPS) is 14.0. The summed E-state index contributed by atoms with van der Waals surface area (Å²) in [5.41, 5.74) is 0.472. The highest BCUT2D eigenvalue weighted by Crippen LogP contribution is 2.17. The minimum atomic E-state index is -4.11. The van der Waals surface area contributed by atoms with E-state index in [-0.39, 0.29) is 22.7 Å². The summed E-state index contributed by atoms with van der Waals surface area (Å²) in [5, 5.41) is 15.2. The molecule has 0 saturated heterocycles. The largest absolute Gasteiger partial charge is 0.480 e. The van der Waals surface area contributed by atoms with Gasteiger partial charge in [-0.05, 0) is 20.3 Å². The molecule has 0 aliphatic heterocycles. The summed E-state index contributed by atoms with van der Waals surface area (Å²) >= 11 is 0. The molecular formula is C10H17N3O6S2. The first-order valence-corrected chi connectivity index (χ1v) is 9.43. The highest BCUT2D eigenvalue weighted by atomic mass is 32.2. The van der Waals surface area contributed by atoms with E-state index in [0.717, 1.165) is 6.26 Å². The Balaban J connectivity index is 3.01. The van der Waals surface area contributed by atoms with Gasteiger partial charge in [-0.15, -0.1) is 0 Å². The van der Waals surface area contributed by atoms with E-state index < -0.39 is 37.6 Å². The Labute approximate surface area is 122 Å². The number of carboxylic acids is 1. The second kappa shape index (κ2) is 6.12. The fourth-order valence-electron chi connectivity index (χ4n) is 1.75. The van der Waals surface area contributed by atoms with Crippen LogP contribution in [0.5, 0.6) is 0 Å². The molecule has 0 radical (unpaired) electrons. The molecule has 1 aromatic heterocycles. The quantitative estimate of drug-likeness (QED) is 0.589. The number of aryl methyl sites for hydroxylation is 2. The molecule has 120 valence electrons. The molecule has 0 saturated carbocycles. The van der Waals surface area contributed by atoms with Crippen LogP contribution in [0.25, 0.3) is 0 Å². The number of rotatable bonds is 7. The van der Waals surface area contributed by atoms with Gasteiger partial charge < -0.3 is 5.11 Å². The molecule has 0 amide bonds. The zero-order chi connectivity index (χ0) is 16.4. The molecule has 0 aromatic carbocycles. The fraction of sp³-hybridized carbons (Fsp3) is 0.600. The van der Waals surface area contributed by atoms with Crippen LogP contribution >= 0.6 is 0 Å². The van der Waals surface area contributed by atoms with Gasteiger partial charge in [-0.2, -0.15) is 9.82 Å². The number of aromatic amines is 1. The minimum Gasteiger partial charge on any atom is -0.480 e. The van der Waals surface area contributed by atoms with Crippen molar-refractivity contribution in [2.24, 2.45) is 0 Å². The molecular weight excluding hydrogens is 322 g/mol. The molecule has 1 unspecified atom stereocenters. The number of sulfone groups is 1. The van der Waals surface area contributed by atoms with Gasteiger partial charge in [0.25, 0.3) is 0 Å². The lowest BCUT2D eigenvalue weighted by atomic mass is 10.2. The molecule has 21 heavy (non-hydrogen) atoms. The zero-order valence-corrected chi connectivity index (χ0v) is 13.4. The van der Waals surface area contributed by atoms with E-state index in [2.05, 4.69) is 10.2 Å². The van der Waals surface area contributed by atoms with Crippen LogP contribution in [0.2, 0.25) is 0 Å². The van der Waals surface area contributed by atoms with Crippen LogP contribution in [0.15, 0.2) is 4.90 Å². The van der Waals surface area contributed by atoms with E-state index in [0.29, 0.717) is 0 Å². The van der Waals surface area contributed by atoms with Crippen molar-refractivity contribution in [1.29, 1.82) is 0 Å². The van der Waals surface area contributed by atoms with Gasteiger partial charge in [-0.1, -0.05) is 0 Å². The van der Waals surface area contributed by atoms with Gasteiger partial charge in [0.1, 0.15) is 20.8 Å². The summed E-state index contributed by atoms with van der Waals surface area (Å²) < 4.78 is 48.5. The second-order valence-electron chi connectivity index (χ2n) is 4.69. The first-order valence-electron chi connectivity index (χ1n) is 5.88. The zero-order valence-electron chi connectivity index (χ0n) is 11.7. The summed E-state index contributed by atoms with van der Waals surface area (Å²) in [6.07, 6.45) is 0.591. The number of nitrogens with zero attached hydrogens (tertiary/aromatic N) is 1. The van der Waals surface area contributed by atoms with E-state index in [9.17, 15) is 21.6 Å². The molecule has 3 N–H and O–H groups in total. The lowest BCUT2D eigenvalue weighted by molar-refractivity contribution is -0.139. The second-order valence-corrected chi connectivity index (χ2v) is 8.60. The van der Waals surface area contributed by atoms with Crippen molar-refractivity contribution < 1.29 is 26.7 Å². The summed E-state index contributed by atoms with van der Waals surface area (Å²) in [6.45, 7) is 2.95. The number of H-pyrrole nitrogens is 1. The average molecular weight is 339 g/mol. The van der Waals surface area contributed by atoms with Crippen LogP contribution in [0.1, 0.15) is 17.8 Å². The Kier molecular flexibility index (Phi) is 5.12. The first-order chi connectivity index (χ1) is 9.44. The van der Waals surface area contributed by atoms with E-state index in [1.165, 1.54) is 13.8 Å². The average Bonchev–Trinajstić information content (AvgIpc) is 2.63. The summed E-state index contributed by atoms with van der Waals surface area (Å²) in [5.74, 6) is -1.88. The molecule has 0 aliphatic rings. The molecule has 1 rings (SSSR count). The number of carboxylic acid groups (broad SMARTS) is 1. The van der Waals surface area contributed by atoms with E-state index in [1.807, 2.05) is 4.72 Å². The van der Waals surface area contributed by atoms with Gasteiger partial charge in [-0.3, -0.25) is 9.89 Å². The lowest BCUT2D eigenvalue weighted by Crippen LogP contribution is -2.42. The van der Waals surface area contributed by atoms with Crippen LogP contribution in [-0.4, -0.2) is 56.2 Å². The molecule has 1 atom stereocenters. The molecule has 1 aromatic rings. The number of sulfonamides is 1. The summed E-state index contributed by atoms with van der Waals surface area (Å²) in [7, 11) is -7.50. The van der Waals surface area contributed by atoms with E-state index in [4.69, 9.17) is 5.11 Å². The topological polar surface area (TPSA) is 146 Å². The predicted octanol–water partition coefficient (Wildman–Crippen LogP) is -0.807. The molecule has 9 nitrogen and oxygen atoms in total. The fourth-order valence-corrected chi connectivity index (χ4v) is 4.01. The third kappa shape index (κ3) is 4.79. The monoisotopic (exact) mass is 339 g/mol. The van der Waals surface area contributed by atoms with Gasteiger partial charge in [0.05, 0.1) is 17.1 Å². The molecule has 0 spiro atoms. The van der Waals surface area contributed by atoms with Crippen molar-refractivity contribution >= 4 is 25.8 Å². The van der Waals surface area contributed by atoms with E-state index in [1.54, 1.807) is 0 Å². The lowest BCUT2D eigenvalue weighted by Gasteiger charge is -2.14. The summed E-state index contributed by atoms with van der Waals surface area (Å²) in [4.78, 5) is 11.0. The van der Waals surface area contributed by atoms with Crippen LogP contribution in [0, 0.1) is 13.8 Å². The Bertz CT molecular complexity index is 715. The van der Waals surface area contributed by atoms with Gasteiger partial charge in [0, 0.05) is 6.26 Å². The number of aromatic nitrogens is 2. The third-order valence-electron chi connectivity index (χ3n) is 2.70.